The average Bonchev–Trinajstić information content (AvgIpc) is 2.17. The Morgan fingerprint density at radius 3 is 2.13 bits per heavy atom. The molecule has 0 N–H and O–H groups in total. The maximum Gasteiger partial charge on any atom is 0.245 e. The summed E-state index contributed by atoms with van der Waals surface area (Å²) in [6.45, 7) is 8.09. The summed E-state index contributed by atoms with van der Waals surface area (Å²) >= 11 is 0. The molecular weight excluding hydrogens is 192 g/mol. The Hall–Kier alpha value is -0.610. The van der Waals surface area contributed by atoms with E-state index >= 15 is 0 Å². The fourth-order valence-corrected chi connectivity index (χ4v) is 2.58. The van der Waals surface area contributed by atoms with Crippen molar-refractivity contribution in [1.82, 2.24) is 9.96 Å². The second kappa shape index (κ2) is 3.76. The van der Waals surface area contributed by atoms with E-state index in [-0.39, 0.29) is 5.91 Å². The number of piperazine rings is 1. The summed E-state index contributed by atoms with van der Waals surface area (Å²) in [5.74, 6) is -0.0400. The highest BCUT2D eigenvalue weighted by Crippen LogP contribution is 2.35. The zero-order chi connectivity index (χ0) is 11.9. The van der Waals surface area contributed by atoms with Crippen molar-refractivity contribution < 1.29 is 10.0 Å². The molecule has 0 atom stereocenters. The minimum atomic E-state index is -0.851. The Labute approximate surface area is 91.8 Å². The van der Waals surface area contributed by atoms with Gasteiger partial charge in [-0.05, 0) is 26.7 Å². The van der Waals surface area contributed by atoms with Crippen LogP contribution in [0.4, 0.5) is 0 Å². The van der Waals surface area contributed by atoms with Gasteiger partial charge in [0.15, 0.2) is 0 Å². The van der Waals surface area contributed by atoms with E-state index in [9.17, 15) is 10.0 Å². The molecule has 0 aromatic heterocycles. The smallest absolute Gasteiger partial charge is 0.245 e. The van der Waals surface area contributed by atoms with Crippen molar-refractivity contribution in [3.8, 4) is 0 Å². The molecule has 1 radical (unpaired) electrons. The maximum absolute atomic E-state index is 12.3. The van der Waals surface area contributed by atoms with Gasteiger partial charge in [0, 0.05) is 13.6 Å². The number of hydrogen-bond acceptors (Lipinski definition) is 2. The third kappa shape index (κ3) is 1.66. The fourth-order valence-electron chi connectivity index (χ4n) is 2.58. The van der Waals surface area contributed by atoms with Gasteiger partial charge in [-0.3, -0.25) is 4.79 Å². The summed E-state index contributed by atoms with van der Waals surface area (Å²) in [4.78, 5) is 13.8. The van der Waals surface area contributed by atoms with E-state index in [1.165, 1.54) is 0 Å². The molecule has 15 heavy (non-hydrogen) atoms. The van der Waals surface area contributed by atoms with Gasteiger partial charge in [-0.1, -0.05) is 13.8 Å². The second-order valence-electron chi connectivity index (χ2n) is 5.01. The molecule has 4 heteroatoms. The normalized spacial score (nSPS) is 25.7. The number of carbonyl (C=O) groups excluding carboxylic acids is 1. The van der Waals surface area contributed by atoms with E-state index in [2.05, 4.69) is 0 Å². The molecule has 87 valence electrons. The first kappa shape index (κ1) is 12.5. The van der Waals surface area contributed by atoms with Gasteiger partial charge >= 0.3 is 0 Å². The predicted octanol–water partition coefficient (Wildman–Crippen LogP) is 1.44. The molecule has 1 fully saturated rings. The number of rotatable bonds is 2. The molecule has 1 aliphatic heterocycles. The van der Waals surface area contributed by atoms with E-state index in [0.717, 1.165) is 5.06 Å². The van der Waals surface area contributed by atoms with E-state index in [0.29, 0.717) is 19.4 Å². The van der Waals surface area contributed by atoms with Crippen molar-refractivity contribution in [2.75, 3.05) is 13.6 Å². The summed E-state index contributed by atoms with van der Waals surface area (Å²) in [5.41, 5.74) is -1.34. The molecule has 0 saturated carbocycles. The molecule has 0 spiro atoms. The van der Waals surface area contributed by atoms with Crippen LogP contribution in [0.15, 0.2) is 0 Å². The van der Waals surface area contributed by atoms with Gasteiger partial charge in [0.1, 0.15) is 5.54 Å². The molecule has 1 aliphatic rings. The minimum absolute atomic E-state index is 0.0400. The highest BCUT2D eigenvalue weighted by atomic mass is 16.5. The largest absolute Gasteiger partial charge is 0.342 e. The Bertz CT molecular complexity index is 259. The minimum Gasteiger partial charge on any atom is -0.342 e. The molecule has 0 aromatic carbocycles. The van der Waals surface area contributed by atoms with Crippen LogP contribution in [0.3, 0.4) is 0 Å². The molecule has 0 aromatic rings. The summed E-state index contributed by atoms with van der Waals surface area (Å²) < 4.78 is 0. The number of amides is 1. The number of likely N-dealkylation sites (N-methyl/N-ethyl adjacent to an activating group) is 1. The van der Waals surface area contributed by atoms with Crippen LogP contribution in [0.25, 0.3) is 0 Å². The lowest BCUT2D eigenvalue weighted by atomic mass is 9.83. The van der Waals surface area contributed by atoms with Crippen molar-refractivity contribution in [3.05, 3.63) is 0 Å². The number of carbonyl (C=O) groups is 1. The Kier molecular flexibility index (Phi) is 3.12. The van der Waals surface area contributed by atoms with E-state index in [1.54, 1.807) is 11.9 Å². The zero-order valence-electron chi connectivity index (χ0n) is 10.3. The quantitative estimate of drug-likeness (QED) is 0.696. The molecule has 4 nitrogen and oxygen atoms in total. The van der Waals surface area contributed by atoms with Crippen LogP contribution < -0.4 is 0 Å². The second-order valence-corrected chi connectivity index (χ2v) is 5.01. The van der Waals surface area contributed by atoms with E-state index in [4.69, 9.17) is 0 Å². The SMILES string of the molecule is CCC1(CC)C(=O)N(C)CC(C)(C)N1[O]. The van der Waals surface area contributed by atoms with Gasteiger partial charge < -0.3 is 4.90 Å². The van der Waals surface area contributed by atoms with Crippen molar-refractivity contribution >= 4 is 5.91 Å². The van der Waals surface area contributed by atoms with Gasteiger partial charge in [0.25, 0.3) is 0 Å². The highest BCUT2D eigenvalue weighted by molar-refractivity contribution is 5.87. The van der Waals surface area contributed by atoms with Gasteiger partial charge in [0.05, 0.1) is 5.54 Å². The molecule has 1 rings (SSSR count). The molecule has 1 heterocycles. The summed E-state index contributed by atoms with van der Waals surface area (Å²) in [5, 5.41) is 13.3. The summed E-state index contributed by atoms with van der Waals surface area (Å²) in [6.07, 6.45) is 1.14. The monoisotopic (exact) mass is 213 g/mol. The van der Waals surface area contributed by atoms with Crippen molar-refractivity contribution in [2.45, 2.75) is 51.6 Å². The van der Waals surface area contributed by atoms with Crippen LogP contribution in [0.1, 0.15) is 40.5 Å². The summed E-state index contributed by atoms with van der Waals surface area (Å²) in [7, 11) is 1.77. The van der Waals surface area contributed by atoms with Gasteiger partial charge in [0.2, 0.25) is 5.91 Å². The van der Waals surface area contributed by atoms with Crippen LogP contribution in [-0.2, 0) is 10.0 Å². The standard InChI is InChI=1S/C11H21N2O2/c1-6-11(7-2)9(14)12(5)8-10(3,4)13(11)15/h6-8H2,1-5H3. The molecule has 0 aliphatic carbocycles. The van der Waals surface area contributed by atoms with E-state index < -0.39 is 11.1 Å². The Morgan fingerprint density at radius 2 is 1.73 bits per heavy atom. The third-order valence-corrected chi connectivity index (χ3v) is 3.48. The summed E-state index contributed by atoms with van der Waals surface area (Å²) in [6, 6.07) is 0. The van der Waals surface area contributed by atoms with Gasteiger partial charge in [-0.25, -0.2) is 0 Å². The maximum atomic E-state index is 12.3. The third-order valence-electron chi connectivity index (χ3n) is 3.48. The van der Waals surface area contributed by atoms with Crippen LogP contribution in [0, 0.1) is 0 Å². The Balaban J connectivity index is 3.15. The molecule has 1 amide bonds. The average molecular weight is 213 g/mol. The van der Waals surface area contributed by atoms with E-state index in [1.807, 2.05) is 27.7 Å². The lowest BCUT2D eigenvalue weighted by molar-refractivity contribution is -0.292. The zero-order valence-corrected chi connectivity index (χ0v) is 10.3. The highest BCUT2D eigenvalue weighted by Gasteiger charge is 2.53. The van der Waals surface area contributed by atoms with Crippen LogP contribution in [0.5, 0.6) is 0 Å². The lowest BCUT2D eigenvalue weighted by Crippen LogP contribution is -2.70. The Morgan fingerprint density at radius 1 is 1.27 bits per heavy atom. The molecule has 1 saturated heterocycles. The first-order chi connectivity index (χ1) is 6.81. The molecule has 0 unspecified atom stereocenters. The van der Waals surface area contributed by atoms with Crippen LogP contribution >= 0.6 is 0 Å². The van der Waals surface area contributed by atoms with Crippen molar-refractivity contribution in [1.29, 1.82) is 0 Å². The first-order valence-electron chi connectivity index (χ1n) is 5.55. The predicted molar refractivity (Wildman–Crippen MR) is 57.6 cm³/mol. The van der Waals surface area contributed by atoms with Crippen LogP contribution in [-0.4, -0.2) is 40.5 Å². The first-order valence-corrected chi connectivity index (χ1v) is 5.55. The molecule has 0 bridgehead atoms. The number of nitrogens with zero attached hydrogens (tertiary/aromatic N) is 2. The van der Waals surface area contributed by atoms with Crippen molar-refractivity contribution in [3.63, 3.8) is 0 Å². The van der Waals surface area contributed by atoms with Crippen LogP contribution in [0.2, 0.25) is 0 Å². The van der Waals surface area contributed by atoms with Gasteiger partial charge in [-0.15, -0.1) is 10.3 Å². The molecular formula is C11H21N2O2. The topological polar surface area (TPSA) is 43.5 Å². The van der Waals surface area contributed by atoms with Gasteiger partial charge in [-0.2, -0.15) is 0 Å². The number of hydroxylamine groups is 2. The number of hydrogen-bond donors (Lipinski definition) is 0. The fraction of sp³-hybridized carbons (Fsp3) is 0.909. The van der Waals surface area contributed by atoms with Crippen molar-refractivity contribution in [2.24, 2.45) is 0 Å². The lowest BCUT2D eigenvalue weighted by Gasteiger charge is -2.51.